The van der Waals surface area contributed by atoms with Gasteiger partial charge < -0.3 is 15.0 Å². The van der Waals surface area contributed by atoms with Crippen molar-refractivity contribution >= 4 is 22.8 Å². The molecule has 7 heteroatoms. The number of rotatable bonds is 2. The zero-order valence-corrected chi connectivity index (χ0v) is 11.5. The quantitative estimate of drug-likeness (QED) is 0.872. The summed E-state index contributed by atoms with van der Waals surface area (Å²) in [5, 5.41) is 9.43. The predicted octanol–water partition coefficient (Wildman–Crippen LogP) is 1.21. The number of nitrogens with one attached hydrogen (secondary N) is 1. The lowest BCUT2D eigenvalue weighted by atomic mass is 10.1. The van der Waals surface area contributed by atoms with Gasteiger partial charge in [0.15, 0.2) is 0 Å². The van der Waals surface area contributed by atoms with E-state index in [9.17, 15) is 18.8 Å². The molecule has 3 rings (SSSR count). The zero-order valence-electron chi connectivity index (χ0n) is 11.5. The van der Waals surface area contributed by atoms with E-state index in [0.29, 0.717) is 18.4 Å². The Morgan fingerprint density at radius 1 is 1.32 bits per heavy atom. The largest absolute Gasteiger partial charge is 0.481 e. The molecule has 2 N–H and O–H groups in total. The molecule has 0 bridgehead atoms. The van der Waals surface area contributed by atoms with E-state index in [1.54, 1.807) is 0 Å². The summed E-state index contributed by atoms with van der Waals surface area (Å²) in [6.07, 6.45) is 0.386. The standard InChI is InChI=1S/C15H13FN2O4/c16-9-1-2-10-11(6-13(19)17-12(10)5-9)14(20)18-4-3-8(7-18)15(21)22/h1-2,5-6,8H,3-4,7H2,(H,17,19)(H,21,22)/t8-/m1/s1. The van der Waals surface area contributed by atoms with Crippen LogP contribution in [0.5, 0.6) is 0 Å². The first kappa shape index (κ1) is 14.2. The maximum Gasteiger partial charge on any atom is 0.308 e. The van der Waals surface area contributed by atoms with Gasteiger partial charge in [-0.15, -0.1) is 0 Å². The number of fused-ring (bicyclic) bond motifs is 1. The molecule has 22 heavy (non-hydrogen) atoms. The Labute approximate surface area is 124 Å². The second-order valence-electron chi connectivity index (χ2n) is 5.31. The van der Waals surface area contributed by atoms with Crippen LogP contribution in [0.4, 0.5) is 4.39 Å². The average molecular weight is 304 g/mol. The number of nitrogens with zero attached hydrogens (tertiary/aromatic N) is 1. The van der Waals surface area contributed by atoms with Gasteiger partial charge in [-0.1, -0.05) is 0 Å². The molecule has 2 aromatic rings. The topological polar surface area (TPSA) is 90.5 Å². The van der Waals surface area contributed by atoms with Gasteiger partial charge in [-0.3, -0.25) is 14.4 Å². The first-order chi connectivity index (χ1) is 10.5. The van der Waals surface area contributed by atoms with Crippen molar-refractivity contribution in [2.24, 2.45) is 5.92 Å². The minimum absolute atomic E-state index is 0.115. The summed E-state index contributed by atoms with van der Waals surface area (Å²) in [6, 6.07) is 4.95. The molecule has 1 aliphatic rings. The maximum atomic E-state index is 13.3. The van der Waals surface area contributed by atoms with Crippen LogP contribution in [0.1, 0.15) is 16.8 Å². The van der Waals surface area contributed by atoms with E-state index in [2.05, 4.69) is 4.98 Å². The Morgan fingerprint density at radius 3 is 2.77 bits per heavy atom. The fourth-order valence-electron chi connectivity index (χ4n) is 2.73. The molecule has 0 radical (unpaired) electrons. The Morgan fingerprint density at radius 2 is 2.09 bits per heavy atom. The molecule has 1 fully saturated rings. The molecule has 1 amide bonds. The van der Waals surface area contributed by atoms with Crippen LogP contribution in [-0.4, -0.2) is 40.0 Å². The molecular weight excluding hydrogens is 291 g/mol. The van der Waals surface area contributed by atoms with E-state index in [0.717, 1.165) is 12.1 Å². The van der Waals surface area contributed by atoms with Crippen molar-refractivity contribution < 1.29 is 19.1 Å². The van der Waals surface area contributed by atoms with Crippen molar-refractivity contribution in [2.75, 3.05) is 13.1 Å². The van der Waals surface area contributed by atoms with Crippen LogP contribution in [-0.2, 0) is 4.79 Å². The van der Waals surface area contributed by atoms with Crippen LogP contribution in [0.25, 0.3) is 10.9 Å². The Hall–Kier alpha value is -2.70. The second kappa shape index (κ2) is 5.25. The minimum Gasteiger partial charge on any atom is -0.481 e. The highest BCUT2D eigenvalue weighted by atomic mass is 19.1. The van der Waals surface area contributed by atoms with Gasteiger partial charge in [0, 0.05) is 24.5 Å². The average Bonchev–Trinajstić information content (AvgIpc) is 2.95. The number of pyridine rings is 1. The Kier molecular flexibility index (Phi) is 3.40. The highest BCUT2D eigenvalue weighted by Crippen LogP contribution is 2.22. The van der Waals surface area contributed by atoms with Crippen LogP contribution in [0.2, 0.25) is 0 Å². The smallest absolute Gasteiger partial charge is 0.308 e. The van der Waals surface area contributed by atoms with Crippen molar-refractivity contribution in [3.05, 3.63) is 46.0 Å². The van der Waals surface area contributed by atoms with E-state index in [1.165, 1.54) is 17.0 Å². The number of halogens is 1. The van der Waals surface area contributed by atoms with Crippen LogP contribution in [0.15, 0.2) is 29.1 Å². The van der Waals surface area contributed by atoms with Crippen LogP contribution < -0.4 is 5.56 Å². The van der Waals surface area contributed by atoms with E-state index in [1.807, 2.05) is 0 Å². The maximum absolute atomic E-state index is 13.3. The summed E-state index contributed by atoms with van der Waals surface area (Å²) in [5.41, 5.74) is -0.106. The number of carbonyl (C=O) groups is 2. The van der Waals surface area contributed by atoms with E-state index in [4.69, 9.17) is 5.11 Å². The number of aliphatic carboxylic acids is 1. The summed E-state index contributed by atoms with van der Waals surface area (Å²) < 4.78 is 13.3. The molecule has 0 aliphatic carbocycles. The molecule has 1 aliphatic heterocycles. The SMILES string of the molecule is O=C(O)[C@@H]1CCN(C(=O)c2cc(=O)[nH]c3cc(F)ccc23)C1. The van der Waals surface area contributed by atoms with Crippen LogP contribution in [0.3, 0.4) is 0 Å². The molecule has 1 saturated heterocycles. The highest BCUT2D eigenvalue weighted by Gasteiger charge is 2.32. The van der Waals surface area contributed by atoms with Gasteiger partial charge in [0.1, 0.15) is 5.82 Å². The van der Waals surface area contributed by atoms with Gasteiger partial charge in [0.2, 0.25) is 5.56 Å². The number of carbonyl (C=O) groups excluding carboxylic acids is 1. The summed E-state index contributed by atoms with van der Waals surface area (Å²) in [7, 11) is 0. The predicted molar refractivity (Wildman–Crippen MR) is 76.2 cm³/mol. The van der Waals surface area contributed by atoms with Gasteiger partial charge in [-0.25, -0.2) is 4.39 Å². The lowest BCUT2D eigenvalue weighted by Gasteiger charge is -2.16. The zero-order chi connectivity index (χ0) is 15.9. The first-order valence-corrected chi connectivity index (χ1v) is 6.80. The number of amides is 1. The summed E-state index contributed by atoms with van der Waals surface area (Å²) in [6.45, 7) is 0.439. The minimum atomic E-state index is -0.937. The number of aromatic nitrogens is 1. The molecule has 1 atom stereocenters. The molecule has 114 valence electrons. The van der Waals surface area contributed by atoms with Crippen LogP contribution in [0, 0.1) is 11.7 Å². The van der Waals surface area contributed by atoms with E-state index >= 15 is 0 Å². The first-order valence-electron chi connectivity index (χ1n) is 6.80. The molecule has 0 spiro atoms. The number of carboxylic acids is 1. The number of carboxylic acid groups (broad SMARTS) is 1. The van der Waals surface area contributed by atoms with Crippen molar-refractivity contribution in [3.63, 3.8) is 0 Å². The lowest BCUT2D eigenvalue weighted by Crippen LogP contribution is -2.31. The number of hydrogen-bond acceptors (Lipinski definition) is 3. The lowest BCUT2D eigenvalue weighted by molar-refractivity contribution is -0.141. The second-order valence-corrected chi connectivity index (χ2v) is 5.31. The molecule has 0 saturated carbocycles. The molecule has 2 heterocycles. The summed E-state index contributed by atoms with van der Waals surface area (Å²) in [5.74, 6) is -2.45. The van der Waals surface area contributed by atoms with Crippen LogP contribution >= 0.6 is 0 Å². The normalized spacial score (nSPS) is 17.9. The fraction of sp³-hybridized carbons (Fsp3) is 0.267. The summed E-state index contributed by atoms with van der Waals surface area (Å²) >= 11 is 0. The van der Waals surface area contributed by atoms with Gasteiger partial charge >= 0.3 is 5.97 Å². The highest BCUT2D eigenvalue weighted by molar-refractivity contribution is 6.06. The van der Waals surface area contributed by atoms with Crippen molar-refractivity contribution in [3.8, 4) is 0 Å². The van der Waals surface area contributed by atoms with Gasteiger partial charge in [-0.2, -0.15) is 0 Å². The number of aromatic amines is 1. The van der Waals surface area contributed by atoms with Gasteiger partial charge in [0.05, 0.1) is 17.0 Å². The van der Waals surface area contributed by atoms with Crippen molar-refractivity contribution in [2.45, 2.75) is 6.42 Å². The van der Waals surface area contributed by atoms with Gasteiger partial charge in [0.25, 0.3) is 5.91 Å². The molecule has 1 aromatic carbocycles. The Balaban J connectivity index is 2.01. The molecule has 0 unspecified atom stereocenters. The molecule has 6 nitrogen and oxygen atoms in total. The molecular formula is C15H13FN2O4. The van der Waals surface area contributed by atoms with E-state index in [-0.39, 0.29) is 17.6 Å². The molecule has 1 aromatic heterocycles. The monoisotopic (exact) mass is 304 g/mol. The number of H-pyrrole nitrogens is 1. The van der Waals surface area contributed by atoms with Crippen molar-refractivity contribution in [1.29, 1.82) is 0 Å². The number of hydrogen-bond donors (Lipinski definition) is 2. The summed E-state index contributed by atoms with van der Waals surface area (Å²) in [4.78, 5) is 39.1. The third-order valence-electron chi connectivity index (χ3n) is 3.86. The number of likely N-dealkylation sites (tertiary alicyclic amines) is 1. The third kappa shape index (κ3) is 2.45. The Bertz CT molecular complexity index is 830. The van der Waals surface area contributed by atoms with E-state index < -0.39 is 29.2 Å². The van der Waals surface area contributed by atoms with Crippen molar-refractivity contribution in [1.82, 2.24) is 9.88 Å². The third-order valence-corrected chi connectivity index (χ3v) is 3.86. The number of benzene rings is 1. The van der Waals surface area contributed by atoms with Gasteiger partial charge in [-0.05, 0) is 24.6 Å². The fourth-order valence-corrected chi connectivity index (χ4v) is 2.73.